The van der Waals surface area contributed by atoms with E-state index in [1.807, 2.05) is 11.0 Å². The van der Waals surface area contributed by atoms with Crippen molar-refractivity contribution in [2.45, 2.75) is 18.9 Å². The van der Waals surface area contributed by atoms with Crippen LogP contribution in [0.25, 0.3) is 11.3 Å². The minimum Gasteiger partial charge on any atom is -0.492 e. The highest BCUT2D eigenvalue weighted by molar-refractivity contribution is 6.31. The maximum atomic E-state index is 13.4. The van der Waals surface area contributed by atoms with E-state index in [4.69, 9.17) is 16.3 Å². The molecule has 10 heteroatoms. The van der Waals surface area contributed by atoms with Gasteiger partial charge in [0.25, 0.3) is 5.91 Å². The van der Waals surface area contributed by atoms with Crippen LogP contribution in [0.3, 0.4) is 0 Å². The van der Waals surface area contributed by atoms with Crippen LogP contribution in [0.5, 0.6) is 5.75 Å². The minimum atomic E-state index is -0.810. The number of ether oxygens (including phenoxy) is 1. The summed E-state index contributed by atoms with van der Waals surface area (Å²) in [5.41, 5.74) is 2.23. The van der Waals surface area contributed by atoms with Crippen molar-refractivity contribution in [2.24, 2.45) is 7.05 Å². The van der Waals surface area contributed by atoms with Crippen LogP contribution < -0.4 is 10.1 Å². The van der Waals surface area contributed by atoms with Gasteiger partial charge in [-0.05, 0) is 61.9 Å². The summed E-state index contributed by atoms with van der Waals surface area (Å²) in [6.07, 6.45) is 3.15. The Kier molecular flexibility index (Phi) is 7.14. The van der Waals surface area contributed by atoms with Crippen LogP contribution in [0.1, 0.15) is 23.2 Å². The molecule has 1 aromatic heterocycles. The highest BCUT2D eigenvalue weighted by Crippen LogP contribution is 2.33. The van der Waals surface area contributed by atoms with Gasteiger partial charge in [-0.3, -0.25) is 19.2 Å². The van der Waals surface area contributed by atoms with Gasteiger partial charge >= 0.3 is 5.97 Å². The standard InChI is InChI=1S/C24H24ClFN4O4/c1-29-20(8-9-27-29)17-14-16(28-23(31)15-4-6-19(26)18(25)13-15)5-7-22(17)34-12-11-30-10-2-3-21(30)24(32)33/h4-9,13-14,21H,2-3,10-12H2,1H3,(H,28,31)(H,32,33)/t21-/m1/s1. The lowest BCUT2D eigenvalue weighted by Gasteiger charge is -2.21. The third kappa shape index (κ3) is 5.21. The van der Waals surface area contributed by atoms with Crippen molar-refractivity contribution in [1.82, 2.24) is 14.7 Å². The summed E-state index contributed by atoms with van der Waals surface area (Å²) in [7, 11) is 1.80. The van der Waals surface area contributed by atoms with Crippen LogP contribution in [0.2, 0.25) is 5.02 Å². The SMILES string of the molecule is Cn1nccc1-c1cc(NC(=O)c2ccc(F)c(Cl)c2)ccc1OCCN1CCC[C@@H]1C(=O)O. The number of amides is 1. The van der Waals surface area contributed by atoms with Crippen molar-refractivity contribution in [2.75, 3.05) is 25.0 Å². The molecule has 1 aliphatic heterocycles. The lowest BCUT2D eigenvalue weighted by molar-refractivity contribution is -0.142. The number of benzene rings is 2. The molecule has 1 fully saturated rings. The predicted octanol–water partition coefficient (Wildman–Crippen LogP) is 4.06. The number of carbonyl (C=O) groups is 2. The number of halogens is 2. The average Bonchev–Trinajstić information content (AvgIpc) is 3.45. The van der Waals surface area contributed by atoms with Gasteiger partial charge in [-0.15, -0.1) is 0 Å². The number of aromatic nitrogens is 2. The van der Waals surface area contributed by atoms with Gasteiger partial charge in [0.15, 0.2) is 0 Å². The molecule has 1 atom stereocenters. The van der Waals surface area contributed by atoms with Crippen LogP contribution >= 0.6 is 11.6 Å². The number of nitrogens with one attached hydrogen (secondary N) is 1. The molecular formula is C24H24ClFN4O4. The quantitative estimate of drug-likeness (QED) is 0.498. The fourth-order valence-corrected chi connectivity index (χ4v) is 4.24. The summed E-state index contributed by atoms with van der Waals surface area (Å²) in [6.45, 7) is 1.54. The number of rotatable bonds is 8. The van der Waals surface area contributed by atoms with Crippen molar-refractivity contribution in [3.8, 4) is 17.0 Å². The van der Waals surface area contributed by atoms with Gasteiger partial charge in [0, 0.05) is 36.6 Å². The zero-order valence-electron chi connectivity index (χ0n) is 18.5. The zero-order chi connectivity index (χ0) is 24.2. The number of likely N-dealkylation sites (tertiary alicyclic amines) is 1. The van der Waals surface area contributed by atoms with Crippen molar-refractivity contribution in [3.63, 3.8) is 0 Å². The van der Waals surface area contributed by atoms with Crippen LogP contribution in [0.4, 0.5) is 10.1 Å². The van der Waals surface area contributed by atoms with Crippen molar-refractivity contribution in [1.29, 1.82) is 0 Å². The largest absolute Gasteiger partial charge is 0.492 e. The third-order valence-corrected chi connectivity index (χ3v) is 6.09. The number of anilines is 1. The Labute approximate surface area is 200 Å². The van der Waals surface area contributed by atoms with Crippen LogP contribution in [-0.2, 0) is 11.8 Å². The first kappa shape index (κ1) is 23.7. The molecule has 1 saturated heterocycles. The topological polar surface area (TPSA) is 96.7 Å². The van der Waals surface area contributed by atoms with Gasteiger partial charge in [-0.2, -0.15) is 5.10 Å². The van der Waals surface area contributed by atoms with Crippen LogP contribution in [-0.4, -0.2) is 57.4 Å². The molecular weight excluding hydrogens is 463 g/mol. The fourth-order valence-electron chi connectivity index (χ4n) is 4.06. The number of carboxylic acids is 1. The van der Waals surface area contributed by atoms with E-state index in [0.717, 1.165) is 24.7 Å². The zero-order valence-corrected chi connectivity index (χ0v) is 19.3. The molecule has 1 amide bonds. The van der Waals surface area contributed by atoms with Gasteiger partial charge in [0.2, 0.25) is 0 Å². The highest BCUT2D eigenvalue weighted by Gasteiger charge is 2.30. The number of carboxylic acid groups (broad SMARTS) is 1. The molecule has 0 bridgehead atoms. The summed E-state index contributed by atoms with van der Waals surface area (Å²) in [6, 6.07) is 10.3. The molecule has 0 aliphatic carbocycles. The van der Waals surface area contributed by atoms with E-state index < -0.39 is 23.7 Å². The Morgan fingerprint density at radius 3 is 2.79 bits per heavy atom. The number of hydrogen-bond donors (Lipinski definition) is 2. The van der Waals surface area contributed by atoms with E-state index >= 15 is 0 Å². The summed E-state index contributed by atoms with van der Waals surface area (Å²) in [4.78, 5) is 26.0. The summed E-state index contributed by atoms with van der Waals surface area (Å²) in [5, 5.41) is 16.2. The van der Waals surface area contributed by atoms with E-state index in [9.17, 15) is 19.1 Å². The Hall–Kier alpha value is -3.43. The monoisotopic (exact) mass is 486 g/mol. The van der Waals surface area contributed by atoms with Gasteiger partial charge in [-0.25, -0.2) is 4.39 Å². The lowest BCUT2D eigenvalue weighted by atomic mass is 10.1. The van der Waals surface area contributed by atoms with E-state index in [0.29, 0.717) is 36.6 Å². The first-order chi connectivity index (χ1) is 16.3. The normalized spacial score (nSPS) is 15.9. The second-order valence-corrected chi connectivity index (χ2v) is 8.42. The Morgan fingerprint density at radius 1 is 1.26 bits per heavy atom. The van der Waals surface area contributed by atoms with Gasteiger partial charge in [0.05, 0.1) is 10.7 Å². The number of hydrogen-bond acceptors (Lipinski definition) is 5. The second kappa shape index (κ2) is 10.2. The molecule has 8 nitrogen and oxygen atoms in total. The highest BCUT2D eigenvalue weighted by atomic mass is 35.5. The molecule has 178 valence electrons. The third-order valence-electron chi connectivity index (χ3n) is 5.80. The maximum absolute atomic E-state index is 13.4. The summed E-state index contributed by atoms with van der Waals surface area (Å²) >= 11 is 5.80. The number of aliphatic carboxylic acids is 1. The molecule has 2 aromatic carbocycles. The molecule has 0 unspecified atom stereocenters. The van der Waals surface area contributed by atoms with Gasteiger partial charge in [-0.1, -0.05) is 11.6 Å². The smallest absolute Gasteiger partial charge is 0.320 e. The first-order valence-electron chi connectivity index (χ1n) is 10.8. The first-order valence-corrected chi connectivity index (χ1v) is 11.2. The summed E-state index contributed by atoms with van der Waals surface area (Å²) in [5.74, 6) is -1.25. The van der Waals surface area contributed by atoms with E-state index in [-0.39, 0.29) is 10.6 Å². The van der Waals surface area contributed by atoms with Crippen molar-refractivity contribution >= 4 is 29.2 Å². The molecule has 2 heterocycles. The maximum Gasteiger partial charge on any atom is 0.320 e. The van der Waals surface area contributed by atoms with Crippen molar-refractivity contribution < 1.29 is 23.8 Å². The molecule has 1 aliphatic rings. The van der Waals surface area contributed by atoms with Gasteiger partial charge < -0.3 is 15.2 Å². The number of nitrogens with zero attached hydrogens (tertiary/aromatic N) is 3. The second-order valence-electron chi connectivity index (χ2n) is 8.01. The molecule has 3 aromatic rings. The average molecular weight is 487 g/mol. The number of aryl methyl sites for hydroxylation is 1. The van der Waals surface area contributed by atoms with E-state index in [2.05, 4.69) is 10.4 Å². The van der Waals surface area contributed by atoms with Gasteiger partial charge in [0.1, 0.15) is 24.2 Å². The molecule has 0 radical (unpaired) electrons. The Balaban J connectivity index is 1.52. The Bertz CT molecular complexity index is 1220. The molecule has 2 N–H and O–H groups in total. The lowest BCUT2D eigenvalue weighted by Crippen LogP contribution is -2.38. The van der Waals surface area contributed by atoms with Crippen LogP contribution in [0, 0.1) is 5.82 Å². The number of carbonyl (C=O) groups excluding carboxylic acids is 1. The molecule has 0 spiro atoms. The van der Waals surface area contributed by atoms with E-state index in [1.54, 1.807) is 36.1 Å². The molecule has 34 heavy (non-hydrogen) atoms. The predicted molar refractivity (Wildman–Crippen MR) is 126 cm³/mol. The van der Waals surface area contributed by atoms with E-state index in [1.165, 1.54) is 12.1 Å². The van der Waals surface area contributed by atoms with Crippen molar-refractivity contribution in [3.05, 3.63) is 65.1 Å². The molecule has 0 saturated carbocycles. The Morgan fingerprint density at radius 2 is 2.09 bits per heavy atom. The summed E-state index contributed by atoms with van der Waals surface area (Å²) < 4.78 is 21.1. The van der Waals surface area contributed by atoms with Crippen LogP contribution in [0.15, 0.2) is 48.7 Å². The fraction of sp³-hybridized carbons (Fsp3) is 0.292. The molecule has 4 rings (SSSR count). The minimum absolute atomic E-state index is 0.130.